The van der Waals surface area contributed by atoms with Crippen LogP contribution in [0.25, 0.3) is 10.7 Å². The highest BCUT2D eigenvalue weighted by atomic mass is 32.1. The van der Waals surface area contributed by atoms with Crippen LogP contribution < -0.4 is 5.32 Å². The van der Waals surface area contributed by atoms with Crippen LogP contribution in [0.1, 0.15) is 37.3 Å². The third-order valence-corrected chi connectivity index (χ3v) is 4.38. The van der Waals surface area contributed by atoms with Gasteiger partial charge >= 0.3 is 0 Å². The Bertz CT molecular complexity index is 516. The number of hydrogen-bond donors (Lipinski definition) is 1. The van der Waals surface area contributed by atoms with Crippen LogP contribution in [-0.2, 0) is 0 Å². The molecule has 2 aromatic heterocycles. The molecule has 1 fully saturated rings. The molecule has 1 saturated carbocycles. The lowest BCUT2D eigenvalue weighted by molar-refractivity contribution is 0.696. The summed E-state index contributed by atoms with van der Waals surface area (Å²) in [5.74, 6) is 2.41. The average Bonchev–Trinajstić information content (AvgIpc) is 3.10. The lowest BCUT2D eigenvalue weighted by Gasteiger charge is -2.11. The number of anilines is 1. The molecule has 0 amide bonds. The summed E-state index contributed by atoms with van der Waals surface area (Å²) >= 11 is 1.69. The first kappa shape index (κ1) is 11.7. The molecule has 0 saturated heterocycles. The smallest absolute Gasteiger partial charge is 0.171 e. The summed E-state index contributed by atoms with van der Waals surface area (Å²) in [6.07, 6.45) is 5.20. The van der Waals surface area contributed by atoms with E-state index in [4.69, 9.17) is 4.98 Å². The highest BCUT2D eigenvalue weighted by Gasteiger charge is 2.20. The largest absolute Gasteiger partial charge is 0.373 e. The first-order chi connectivity index (χ1) is 8.86. The Labute approximate surface area is 111 Å². The quantitative estimate of drug-likeness (QED) is 0.908. The second-order valence-corrected chi connectivity index (χ2v) is 5.66. The van der Waals surface area contributed by atoms with E-state index >= 15 is 0 Å². The Hall–Kier alpha value is -1.42. The Kier molecular flexibility index (Phi) is 3.28. The zero-order chi connectivity index (χ0) is 12.4. The maximum Gasteiger partial charge on any atom is 0.171 e. The lowest BCUT2D eigenvalue weighted by Crippen LogP contribution is -2.03. The van der Waals surface area contributed by atoms with Crippen molar-refractivity contribution < 1.29 is 0 Å². The third kappa shape index (κ3) is 2.25. The zero-order valence-electron chi connectivity index (χ0n) is 10.5. The summed E-state index contributed by atoms with van der Waals surface area (Å²) in [4.78, 5) is 10.5. The molecule has 2 aromatic rings. The fourth-order valence-corrected chi connectivity index (χ4v) is 3.20. The van der Waals surface area contributed by atoms with Crippen LogP contribution in [0.15, 0.2) is 23.6 Å². The molecule has 0 aliphatic heterocycles. The van der Waals surface area contributed by atoms with Crippen molar-refractivity contribution in [2.24, 2.45) is 0 Å². The fourth-order valence-electron chi connectivity index (χ4n) is 2.54. The van der Waals surface area contributed by atoms with Crippen LogP contribution >= 0.6 is 11.3 Å². The molecule has 0 spiro atoms. The van der Waals surface area contributed by atoms with Crippen molar-refractivity contribution >= 4 is 17.2 Å². The zero-order valence-corrected chi connectivity index (χ0v) is 11.3. The van der Waals surface area contributed by atoms with Gasteiger partial charge in [-0.05, 0) is 24.3 Å². The van der Waals surface area contributed by atoms with Gasteiger partial charge in [0.25, 0.3) is 0 Å². The SMILES string of the molecule is CNc1cc(C2CCCC2)nc(-c2cccs2)n1. The van der Waals surface area contributed by atoms with Crippen molar-refractivity contribution in [2.75, 3.05) is 12.4 Å². The van der Waals surface area contributed by atoms with Gasteiger partial charge in [0, 0.05) is 24.7 Å². The molecule has 2 heterocycles. The highest BCUT2D eigenvalue weighted by molar-refractivity contribution is 7.13. The Balaban J connectivity index is 2.01. The summed E-state index contributed by atoms with van der Waals surface area (Å²) < 4.78 is 0. The van der Waals surface area contributed by atoms with Crippen molar-refractivity contribution in [1.29, 1.82) is 0 Å². The molecule has 1 aliphatic rings. The molecule has 94 valence electrons. The predicted octanol–water partition coefficient (Wildman–Crippen LogP) is 3.90. The van der Waals surface area contributed by atoms with Gasteiger partial charge in [0.15, 0.2) is 5.82 Å². The second-order valence-electron chi connectivity index (χ2n) is 4.71. The predicted molar refractivity (Wildman–Crippen MR) is 76.1 cm³/mol. The molecule has 0 aromatic carbocycles. The fraction of sp³-hybridized carbons (Fsp3) is 0.429. The number of hydrogen-bond acceptors (Lipinski definition) is 4. The monoisotopic (exact) mass is 259 g/mol. The molecule has 3 nitrogen and oxygen atoms in total. The number of nitrogens with zero attached hydrogens (tertiary/aromatic N) is 2. The molecule has 0 radical (unpaired) electrons. The molecule has 0 atom stereocenters. The minimum absolute atomic E-state index is 0.624. The number of aromatic nitrogens is 2. The standard InChI is InChI=1S/C14H17N3S/c1-15-13-9-11(10-5-2-3-6-10)16-14(17-13)12-7-4-8-18-12/h4,7-10H,2-3,5-6H2,1H3,(H,15,16,17). The van der Waals surface area contributed by atoms with Gasteiger partial charge in [0.1, 0.15) is 5.82 Å². The lowest BCUT2D eigenvalue weighted by atomic mass is 10.0. The van der Waals surface area contributed by atoms with Crippen LogP contribution in [0, 0.1) is 0 Å². The molecule has 0 unspecified atom stereocenters. The topological polar surface area (TPSA) is 37.8 Å². The van der Waals surface area contributed by atoms with Gasteiger partial charge in [-0.25, -0.2) is 9.97 Å². The minimum Gasteiger partial charge on any atom is -0.373 e. The molecule has 4 heteroatoms. The van der Waals surface area contributed by atoms with Gasteiger partial charge in [0.2, 0.25) is 0 Å². The van der Waals surface area contributed by atoms with E-state index in [1.165, 1.54) is 31.4 Å². The van der Waals surface area contributed by atoms with Gasteiger partial charge in [-0.1, -0.05) is 18.9 Å². The van der Waals surface area contributed by atoms with Gasteiger partial charge in [0.05, 0.1) is 4.88 Å². The van der Waals surface area contributed by atoms with E-state index in [0.717, 1.165) is 16.5 Å². The maximum absolute atomic E-state index is 4.77. The summed E-state index contributed by atoms with van der Waals surface area (Å²) in [5, 5.41) is 5.22. The van der Waals surface area contributed by atoms with Crippen molar-refractivity contribution in [2.45, 2.75) is 31.6 Å². The maximum atomic E-state index is 4.77. The molecular formula is C14H17N3S. The minimum atomic E-state index is 0.624. The second kappa shape index (κ2) is 5.06. The van der Waals surface area contributed by atoms with Crippen molar-refractivity contribution in [1.82, 2.24) is 9.97 Å². The van der Waals surface area contributed by atoms with Crippen LogP contribution in [0.4, 0.5) is 5.82 Å². The number of nitrogens with one attached hydrogen (secondary N) is 1. The van der Waals surface area contributed by atoms with Crippen LogP contribution in [0.3, 0.4) is 0 Å². The van der Waals surface area contributed by atoms with E-state index in [1.54, 1.807) is 11.3 Å². The molecule has 1 N–H and O–H groups in total. The molecule has 3 rings (SSSR count). The highest BCUT2D eigenvalue weighted by Crippen LogP contribution is 2.35. The van der Waals surface area contributed by atoms with Crippen molar-refractivity contribution in [3.63, 3.8) is 0 Å². The van der Waals surface area contributed by atoms with Crippen molar-refractivity contribution in [3.8, 4) is 10.7 Å². The summed E-state index contributed by atoms with van der Waals surface area (Å²) in [6, 6.07) is 6.23. The summed E-state index contributed by atoms with van der Waals surface area (Å²) in [6.45, 7) is 0. The first-order valence-corrected chi connectivity index (χ1v) is 7.35. The Morgan fingerprint density at radius 1 is 1.28 bits per heavy atom. The normalized spacial score (nSPS) is 16.1. The van der Waals surface area contributed by atoms with Gasteiger partial charge in [-0.3, -0.25) is 0 Å². The average molecular weight is 259 g/mol. The van der Waals surface area contributed by atoms with E-state index in [1.807, 2.05) is 13.1 Å². The third-order valence-electron chi connectivity index (χ3n) is 3.52. The van der Waals surface area contributed by atoms with E-state index in [9.17, 15) is 0 Å². The van der Waals surface area contributed by atoms with E-state index in [0.29, 0.717) is 5.92 Å². The van der Waals surface area contributed by atoms with E-state index < -0.39 is 0 Å². The summed E-state index contributed by atoms with van der Waals surface area (Å²) in [5.41, 5.74) is 1.20. The molecule has 0 bridgehead atoms. The summed E-state index contributed by atoms with van der Waals surface area (Å²) in [7, 11) is 1.92. The Morgan fingerprint density at radius 3 is 2.78 bits per heavy atom. The van der Waals surface area contributed by atoms with Gasteiger partial charge < -0.3 is 5.32 Å². The molecule has 18 heavy (non-hydrogen) atoms. The number of thiophene rings is 1. The van der Waals surface area contributed by atoms with Gasteiger partial charge in [-0.15, -0.1) is 11.3 Å². The van der Waals surface area contributed by atoms with Crippen LogP contribution in [0.5, 0.6) is 0 Å². The van der Waals surface area contributed by atoms with Gasteiger partial charge in [-0.2, -0.15) is 0 Å². The molecular weight excluding hydrogens is 242 g/mol. The van der Waals surface area contributed by atoms with Crippen LogP contribution in [0.2, 0.25) is 0 Å². The van der Waals surface area contributed by atoms with Crippen LogP contribution in [-0.4, -0.2) is 17.0 Å². The Morgan fingerprint density at radius 2 is 2.11 bits per heavy atom. The van der Waals surface area contributed by atoms with Crippen molar-refractivity contribution in [3.05, 3.63) is 29.3 Å². The first-order valence-electron chi connectivity index (χ1n) is 6.47. The van der Waals surface area contributed by atoms with E-state index in [-0.39, 0.29) is 0 Å². The van der Waals surface area contributed by atoms with E-state index in [2.05, 4.69) is 27.8 Å². The number of rotatable bonds is 3. The molecule has 1 aliphatic carbocycles.